The molecule has 0 bridgehead atoms. The van der Waals surface area contributed by atoms with Crippen molar-refractivity contribution in [2.75, 3.05) is 33.3 Å². The van der Waals surface area contributed by atoms with Crippen LogP contribution in [0, 0.1) is 0 Å². The lowest BCUT2D eigenvalue weighted by Crippen LogP contribution is -2.29. The SMILES string of the molecule is CN(CCO)CCC1CC(F)CN1. The Morgan fingerprint density at radius 2 is 2.31 bits per heavy atom. The van der Waals surface area contributed by atoms with Gasteiger partial charge in [-0.25, -0.2) is 4.39 Å². The van der Waals surface area contributed by atoms with Crippen molar-refractivity contribution < 1.29 is 9.50 Å². The highest BCUT2D eigenvalue weighted by Gasteiger charge is 2.22. The van der Waals surface area contributed by atoms with E-state index in [0.717, 1.165) is 13.0 Å². The number of rotatable bonds is 5. The summed E-state index contributed by atoms with van der Waals surface area (Å²) in [7, 11) is 1.97. The standard InChI is InChI=1S/C9H19FN2O/c1-12(4-5-13)3-2-9-6-8(10)7-11-9/h8-9,11,13H,2-7H2,1H3. The van der Waals surface area contributed by atoms with Crippen molar-refractivity contribution in [2.24, 2.45) is 0 Å². The summed E-state index contributed by atoms with van der Waals surface area (Å²) in [6.45, 7) is 2.32. The van der Waals surface area contributed by atoms with Gasteiger partial charge in [0.05, 0.1) is 6.61 Å². The minimum Gasteiger partial charge on any atom is -0.395 e. The Hall–Kier alpha value is -0.190. The predicted molar refractivity (Wildman–Crippen MR) is 50.5 cm³/mol. The van der Waals surface area contributed by atoms with Crippen molar-refractivity contribution >= 4 is 0 Å². The van der Waals surface area contributed by atoms with Gasteiger partial charge in [-0.1, -0.05) is 0 Å². The second kappa shape index (κ2) is 5.52. The molecule has 0 aromatic heterocycles. The summed E-state index contributed by atoms with van der Waals surface area (Å²) in [5.41, 5.74) is 0. The largest absolute Gasteiger partial charge is 0.395 e. The van der Waals surface area contributed by atoms with Crippen molar-refractivity contribution in [3.8, 4) is 0 Å². The summed E-state index contributed by atoms with van der Waals surface area (Å²) in [5.74, 6) is 0. The molecule has 1 fully saturated rings. The summed E-state index contributed by atoms with van der Waals surface area (Å²) in [4.78, 5) is 2.06. The first kappa shape index (κ1) is 10.9. The van der Waals surface area contributed by atoms with E-state index in [4.69, 9.17) is 5.11 Å². The fourth-order valence-corrected chi connectivity index (χ4v) is 1.65. The number of hydrogen-bond donors (Lipinski definition) is 2. The van der Waals surface area contributed by atoms with E-state index in [9.17, 15) is 4.39 Å². The fourth-order valence-electron chi connectivity index (χ4n) is 1.65. The van der Waals surface area contributed by atoms with Crippen LogP contribution in [0.2, 0.25) is 0 Å². The molecule has 1 heterocycles. The van der Waals surface area contributed by atoms with E-state index in [0.29, 0.717) is 25.6 Å². The highest BCUT2D eigenvalue weighted by atomic mass is 19.1. The number of hydrogen-bond acceptors (Lipinski definition) is 3. The molecule has 0 spiro atoms. The van der Waals surface area contributed by atoms with Gasteiger partial charge in [0.15, 0.2) is 0 Å². The van der Waals surface area contributed by atoms with Gasteiger partial charge in [-0.15, -0.1) is 0 Å². The quantitative estimate of drug-likeness (QED) is 0.640. The van der Waals surface area contributed by atoms with E-state index in [1.54, 1.807) is 0 Å². The van der Waals surface area contributed by atoms with Crippen LogP contribution in [-0.2, 0) is 0 Å². The summed E-state index contributed by atoms with van der Waals surface area (Å²) in [6.07, 6.45) is 0.956. The zero-order chi connectivity index (χ0) is 9.68. The van der Waals surface area contributed by atoms with Gasteiger partial charge < -0.3 is 15.3 Å². The molecule has 1 aliphatic rings. The van der Waals surface area contributed by atoms with Gasteiger partial charge in [0.1, 0.15) is 6.17 Å². The van der Waals surface area contributed by atoms with Gasteiger partial charge >= 0.3 is 0 Å². The van der Waals surface area contributed by atoms with Gasteiger partial charge in [0.2, 0.25) is 0 Å². The first-order valence-corrected chi connectivity index (χ1v) is 4.89. The van der Waals surface area contributed by atoms with E-state index in [1.807, 2.05) is 7.05 Å². The van der Waals surface area contributed by atoms with Gasteiger partial charge in [-0.3, -0.25) is 0 Å². The maximum Gasteiger partial charge on any atom is 0.114 e. The first-order valence-electron chi connectivity index (χ1n) is 4.89. The summed E-state index contributed by atoms with van der Waals surface area (Å²) in [6, 6.07) is 0.330. The molecular weight excluding hydrogens is 171 g/mol. The average molecular weight is 190 g/mol. The smallest absolute Gasteiger partial charge is 0.114 e. The second-order valence-electron chi connectivity index (χ2n) is 3.75. The molecule has 0 aromatic rings. The zero-order valence-corrected chi connectivity index (χ0v) is 8.17. The highest BCUT2D eigenvalue weighted by Crippen LogP contribution is 2.12. The fraction of sp³-hybridized carbons (Fsp3) is 1.00. The van der Waals surface area contributed by atoms with Crippen LogP contribution in [-0.4, -0.2) is 55.5 Å². The molecule has 0 aromatic carbocycles. The maximum absolute atomic E-state index is 12.7. The molecule has 13 heavy (non-hydrogen) atoms. The van der Waals surface area contributed by atoms with E-state index >= 15 is 0 Å². The van der Waals surface area contributed by atoms with Crippen LogP contribution >= 0.6 is 0 Å². The van der Waals surface area contributed by atoms with Gasteiger partial charge in [-0.05, 0) is 26.4 Å². The van der Waals surface area contributed by atoms with Crippen LogP contribution in [0.3, 0.4) is 0 Å². The Balaban J connectivity index is 2.05. The molecule has 3 nitrogen and oxygen atoms in total. The number of aliphatic hydroxyl groups excluding tert-OH is 1. The van der Waals surface area contributed by atoms with E-state index in [2.05, 4.69) is 10.2 Å². The molecule has 2 unspecified atom stereocenters. The molecule has 1 aliphatic heterocycles. The number of aliphatic hydroxyl groups is 1. The molecule has 1 saturated heterocycles. The molecule has 4 heteroatoms. The van der Waals surface area contributed by atoms with Gasteiger partial charge in [0.25, 0.3) is 0 Å². The molecule has 0 saturated carbocycles. The maximum atomic E-state index is 12.7. The van der Waals surface area contributed by atoms with Crippen LogP contribution in [0.4, 0.5) is 4.39 Å². The van der Waals surface area contributed by atoms with Crippen LogP contribution < -0.4 is 5.32 Å². The van der Waals surface area contributed by atoms with E-state index < -0.39 is 6.17 Å². The molecule has 0 amide bonds. The number of alkyl halides is 1. The Bertz CT molecular complexity index is 146. The third-order valence-electron chi connectivity index (χ3n) is 2.51. The Kier molecular flexibility index (Phi) is 4.62. The minimum atomic E-state index is -0.659. The van der Waals surface area contributed by atoms with Gasteiger partial charge in [-0.2, -0.15) is 0 Å². The van der Waals surface area contributed by atoms with Crippen LogP contribution in [0.15, 0.2) is 0 Å². The monoisotopic (exact) mass is 190 g/mol. The molecular formula is C9H19FN2O. The van der Waals surface area contributed by atoms with Crippen molar-refractivity contribution in [2.45, 2.75) is 25.1 Å². The Labute approximate surface area is 78.9 Å². The molecule has 2 N–H and O–H groups in total. The number of likely N-dealkylation sites (N-methyl/N-ethyl adjacent to an activating group) is 1. The molecule has 78 valence electrons. The highest BCUT2D eigenvalue weighted by molar-refractivity contribution is 4.81. The number of nitrogens with one attached hydrogen (secondary N) is 1. The number of nitrogens with zero attached hydrogens (tertiary/aromatic N) is 1. The molecule has 2 atom stereocenters. The van der Waals surface area contributed by atoms with Crippen LogP contribution in [0.5, 0.6) is 0 Å². The van der Waals surface area contributed by atoms with Crippen LogP contribution in [0.1, 0.15) is 12.8 Å². The van der Waals surface area contributed by atoms with Crippen molar-refractivity contribution in [1.82, 2.24) is 10.2 Å². The van der Waals surface area contributed by atoms with Crippen molar-refractivity contribution in [3.05, 3.63) is 0 Å². The lowest BCUT2D eigenvalue weighted by Gasteiger charge is -2.17. The minimum absolute atomic E-state index is 0.195. The van der Waals surface area contributed by atoms with Gasteiger partial charge in [0, 0.05) is 19.1 Å². The molecule has 1 rings (SSSR count). The zero-order valence-electron chi connectivity index (χ0n) is 8.17. The van der Waals surface area contributed by atoms with E-state index in [1.165, 1.54) is 0 Å². The second-order valence-corrected chi connectivity index (χ2v) is 3.75. The third-order valence-corrected chi connectivity index (χ3v) is 2.51. The molecule has 0 radical (unpaired) electrons. The predicted octanol–water partition coefficient (Wildman–Crippen LogP) is 0.000600. The van der Waals surface area contributed by atoms with Crippen LogP contribution in [0.25, 0.3) is 0 Å². The molecule has 0 aliphatic carbocycles. The third kappa shape index (κ3) is 4.02. The Morgan fingerprint density at radius 3 is 2.85 bits per heavy atom. The summed E-state index contributed by atoms with van der Waals surface area (Å²) >= 11 is 0. The van der Waals surface area contributed by atoms with E-state index in [-0.39, 0.29) is 6.61 Å². The first-order chi connectivity index (χ1) is 6.22. The lowest BCUT2D eigenvalue weighted by atomic mass is 10.1. The van der Waals surface area contributed by atoms with Crippen molar-refractivity contribution in [3.63, 3.8) is 0 Å². The summed E-state index contributed by atoms with van der Waals surface area (Å²) in [5, 5.41) is 11.8. The normalized spacial score (nSPS) is 28.6. The average Bonchev–Trinajstić information content (AvgIpc) is 2.49. The summed E-state index contributed by atoms with van der Waals surface area (Å²) < 4.78 is 12.7. The van der Waals surface area contributed by atoms with Crippen molar-refractivity contribution in [1.29, 1.82) is 0 Å². The lowest BCUT2D eigenvalue weighted by molar-refractivity contribution is 0.215. The Morgan fingerprint density at radius 1 is 1.54 bits per heavy atom. The topological polar surface area (TPSA) is 35.5 Å². The number of halogens is 1.